The number of amides is 1. The van der Waals surface area contributed by atoms with Crippen LogP contribution in [-0.4, -0.2) is 53.8 Å². The molecule has 2 aliphatic heterocycles. The first-order valence-electron chi connectivity index (χ1n) is 8.02. The third-order valence-corrected chi connectivity index (χ3v) is 4.52. The number of carboxylic acid groups (broad SMARTS) is 1. The van der Waals surface area contributed by atoms with E-state index in [0.717, 1.165) is 0 Å². The summed E-state index contributed by atoms with van der Waals surface area (Å²) >= 11 is 0. The Kier molecular flexibility index (Phi) is 4.68. The van der Waals surface area contributed by atoms with Crippen molar-refractivity contribution in [3.8, 4) is 0 Å². The number of nitrogens with zero attached hydrogens (tertiary/aromatic N) is 1. The van der Waals surface area contributed by atoms with E-state index < -0.39 is 35.1 Å². The standard InChI is InChI=1S/C17H19FN2O6/c1-16(8-13(20-26-16)10-4-3-5-11(18)6-10)14(21)19-12-7-17(24-2,15(22)23)25-9-12/h3-6,12H,7-9H2,1-2H3,(H,19,21)(H,22,23)/t12-,16?,17-/m1/s1. The van der Waals surface area contributed by atoms with E-state index >= 15 is 0 Å². The normalized spacial score (nSPS) is 30.6. The number of rotatable bonds is 5. The average molecular weight is 366 g/mol. The van der Waals surface area contributed by atoms with Gasteiger partial charge in [-0.15, -0.1) is 0 Å². The molecule has 0 radical (unpaired) electrons. The van der Waals surface area contributed by atoms with Crippen LogP contribution in [0, 0.1) is 5.82 Å². The lowest BCUT2D eigenvalue weighted by molar-refractivity contribution is -0.217. The summed E-state index contributed by atoms with van der Waals surface area (Å²) < 4.78 is 23.5. The molecule has 0 bridgehead atoms. The fraction of sp³-hybridized carbons (Fsp3) is 0.471. The van der Waals surface area contributed by atoms with Gasteiger partial charge >= 0.3 is 5.97 Å². The predicted octanol–water partition coefficient (Wildman–Crippen LogP) is 1.04. The first-order chi connectivity index (χ1) is 12.3. The van der Waals surface area contributed by atoms with Crippen LogP contribution in [0.4, 0.5) is 4.39 Å². The fourth-order valence-electron chi connectivity index (χ4n) is 2.97. The van der Waals surface area contributed by atoms with Crippen LogP contribution in [0.15, 0.2) is 29.4 Å². The second kappa shape index (κ2) is 6.65. The molecule has 9 heteroatoms. The van der Waals surface area contributed by atoms with Gasteiger partial charge in [-0.25, -0.2) is 9.18 Å². The number of halogens is 1. The zero-order valence-corrected chi connectivity index (χ0v) is 14.3. The summed E-state index contributed by atoms with van der Waals surface area (Å²) in [7, 11) is 1.23. The lowest BCUT2D eigenvalue weighted by Gasteiger charge is -2.23. The van der Waals surface area contributed by atoms with E-state index in [4.69, 9.17) is 14.3 Å². The van der Waals surface area contributed by atoms with Crippen molar-refractivity contribution < 1.29 is 33.4 Å². The Morgan fingerprint density at radius 1 is 1.46 bits per heavy atom. The first-order valence-corrected chi connectivity index (χ1v) is 8.02. The highest BCUT2D eigenvalue weighted by Gasteiger charge is 2.50. The summed E-state index contributed by atoms with van der Waals surface area (Å²) in [5, 5.41) is 15.8. The van der Waals surface area contributed by atoms with Crippen molar-refractivity contribution in [2.45, 2.75) is 37.2 Å². The van der Waals surface area contributed by atoms with Gasteiger partial charge in [-0.3, -0.25) is 4.79 Å². The second-order valence-electron chi connectivity index (χ2n) is 6.49. The third-order valence-electron chi connectivity index (χ3n) is 4.52. The Balaban J connectivity index is 1.64. The average Bonchev–Trinajstić information content (AvgIpc) is 3.20. The summed E-state index contributed by atoms with van der Waals surface area (Å²) in [6.07, 6.45) is 0.127. The summed E-state index contributed by atoms with van der Waals surface area (Å²) in [6, 6.07) is 5.32. The zero-order valence-electron chi connectivity index (χ0n) is 14.3. The summed E-state index contributed by atoms with van der Waals surface area (Å²) in [5.74, 6) is -3.88. The molecule has 1 unspecified atom stereocenters. The monoisotopic (exact) mass is 366 g/mol. The van der Waals surface area contributed by atoms with Gasteiger partial charge in [0, 0.05) is 25.5 Å². The van der Waals surface area contributed by atoms with Gasteiger partial charge in [0.1, 0.15) is 5.82 Å². The third kappa shape index (κ3) is 3.27. The van der Waals surface area contributed by atoms with Crippen molar-refractivity contribution >= 4 is 17.6 Å². The number of nitrogens with one attached hydrogen (secondary N) is 1. The highest BCUT2D eigenvalue weighted by molar-refractivity contribution is 6.05. The lowest BCUT2D eigenvalue weighted by Crippen LogP contribution is -2.49. The van der Waals surface area contributed by atoms with E-state index in [0.29, 0.717) is 11.3 Å². The molecule has 0 aromatic heterocycles. The number of benzene rings is 1. The number of carbonyl (C=O) groups excluding carboxylic acids is 1. The van der Waals surface area contributed by atoms with Crippen LogP contribution >= 0.6 is 0 Å². The molecule has 2 heterocycles. The quantitative estimate of drug-likeness (QED) is 0.807. The number of carbonyl (C=O) groups is 2. The molecular formula is C17H19FN2O6. The van der Waals surface area contributed by atoms with Crippen molar-refractivity contribution in [1.29, 1.82) is 0 Å². The molecule has 1 aromatic rings. The van der Waals surface area contributed by atoms with Gasteiger partial charge in [-0.2, -0.15) is 0 Å². The SMILES string of the molecule is CO[C@]1(C(=O)O)C[C@@H](NC(=O)C2(C)CC(c3cccc(F)c3)=NO2)CO1. The van der Waals surface area contributed by atoms with Crippen LogP contribution in [0.5, 0.6) is 0 Å². The van der Waals surface area contributed by atoms with Crippen LogP contribution in [0.25, 0.3) is 0 Å². The van der Waals surface area contributed by atoms with Crippen molar-refractivity contribution in [3.63, 3.8) is 0 Å². The van der Waals surface area contributed by atoms with E-state index in [1.165, 1.54) is 19.2 Å². The van der Waals surface area contributed by atoms with Crippen LogP contribution in [-0.2, 0) is 23.9 Å². The Morgan fingerprint density at radius 2 is 2.23 bits per heavy atom. The molecule has 3 atom stereocenters. The highest BCUT2D eigenvalue weighted by atomic mass is 19.1. The maximum atomic E-state index is 13.4. The van der Waals surface area contributed by atoms with Gasteiger partial charge in [-0.1, -0.05) is 17.3 Å². The number of ether oxygens (including phenoxy) is 2. The maximum Gasteiger partial charge on any atom is 0.364 e. The zero-order chi connectivity index (χ0) is 18.9. The van der Waals surface area contributed by atoms with Gasteiger partial charge in [-0.05, 0) is 19.1 Å². The number of methoxy groups -OCH3 is 1. The summed E-state index contributed by atoms with van der Waals surface area (Å²) in [6.45, 7) is 1.56. The summed E-state index contributed by atoms with van der Waals surface area (Å²) in [5.41, 5.74) is -0.278. The molecule has 1 aromatic carbocycles. The Morgan fingerprint density at radius 3 is 2.85 bits per heavy atom. The molecule has 0 spiro atoms. The molecule has 0 aliphatic carbocycles. The van der Waals surface area contributed by atoms with Gasteiger partial charge in [0.25, 0.3) is 11.7 Å². The van der Waals surface area contributed by atoms with Gasteiger partial charge < -0.3 is 24.7 Å². The number of aliphatic carboxylic acids is 1. The Labute approximate surface area is 148 Å². The molecule has 0 saturated carbocycles. The maximum absolute atomic E-state index is 13.4. The predicted molar refractivity (Wildman–Crippen MR) is 86.9 cm³/mol. The van der Waals surface area contributed by atoms with Gasteiger partial charge in [0.2, 0.25) is 5.60 Å². The number of hydrogen-bond acceptors (Lipinski definition) is 6. The fourth-order valence-corrected chi connectivity index (χ4v) is 2.97. The van der Waals surface area contributed by atoms with Crippen LogP contribution in [0.3, 0.4) is 0 Å². The molecule has 1 amide bonds. The minimum atomic E-state index is -1.77. The van der Waals surface area contributed by atoms with E-state index in [2.05, 4.69) is 10.5 Å². The lowest BCUT2D eigenvalue weighted by atomic mass is 9.94. The minimum absolute atomic E-state index is 0.000426. The van der Waals surface area contributed by atoms with Gasteiger partial charge in [0.05, 0.1) is 18.4 Å². The van der Waals surface area contributed by atoms with Crippen molar-refractivity contribution in [3.05, 3.63) is 35.6 Å². The molecule has 2 N–H and O–H groups in total. The number of oxime groups is 1. The highest BCUT2D eigenvalue weighted by Crippen LogP contribution is 2.30. The smallest absolute Gasteiger partial charge is 0.364 e. The number of hydrogen-bond donors (Lipinski definition) is 2. The molecule has 140 valence electrons. The van der Waals surface area contributed by atoms with Crippen LogP contribution in [0.1, 0.15) is 25.3 Å². The summed E-state index contributed by atoms with van der Waals surface area (Å²) in [4.78, 5) is 29.2. The second-order valence-corrected chi connectivity index (χ2v) is 6.49. The molecule has 3 rings (SSSR count). The van der Waals surface area contributed by atoms with E-state index in [-0.39, 0.29) is 19.4 Å². The molecule has 1 fully saturated rings. The van der Waals surface area contributed by atoms with Crippen LogP contribution < -0.4 is 5.32 Å². The molecule has 2 aliphatic rings. The van der Waals surface area contributed by atoms with Crippen molar-refractivity contribution in [2.24, 2.45) is 5.16 Å². The molecular weight excluding hydrogens is 347 g/mol. The van der Waals surface area contributed by atoms with Crippen molar-refractivity contribution in [2.75, 3.05) is 13.7 Å². The van der Waals surface area contributed by atoms with Crippen molar-refractivity contribution in [1.82, 2.24) is 5.32 Å². The molecule has 26 heavy (non-hydrogen) atoms. The van der Waals surface area contributed by atoms with E-state index in [9.17, 15) is 19.1 Å². The van der Waals surface area contributed by atoms with Crippen LogP contribution in [0.2, 0.25) is 0 Å². The van der Waals surface area contributed by atoms with E-state index in [1.807, 2.05) is 0 Å². The van der Waals surface area contributed by atoms with Gasteiger partial charge in [0.15, 0.2) is 0 Å². The van der Waals surface area contributed by atoms with E-state index in [1.54, 1.807) is 19.1 Å². The minimum Gasteiger partial charge on any atom is -0.477 e. The first kappa shape index (κ1) is 18.3. The largest absolute Gasteiger partial charge is 0.477 e. The Bertz CT molecular complexity index is 769. The molecule has 8 nitrogen and oxygen atoms in total. The topological polar surface area (TPSA) is 106 Å². The number of carboxylic acids is 1. The Hall–Kier alpha value is -2.52. The molecule has 1 saturated heterocycles.